The Bertz CT molecular complexity index is 376. The van der Waals surface area contributed by atoms with E-state index < -0.39 is 5.60 Å². The Morgan fingerprint density at radius 3 is 2.33 bits per heavy atom. The van der Waals surface area contributed by atoms with Crippen LogP contribution in [0.3, 0.4) is 0 Å². The van der Waals surface area contributed by atoms with Crippen LogP contribution in [0.1, 0.15) is 34.1 Å². The molecule has 2 fully saturated rings. The Kier molecular flexibility index (Phi) is 2.93. The maximum absolute atomic E-state index is 12.2. The molecule has 2 heterocycles. The first-order valence-corrected chi connectivity index (χ1v) is 6.42. The topological polar surface area (TPSA) is 60.9 Å². The smallest absolute Gasteiger partial charge is 0.228 e. The number of rotatable bonds is 1. The predicted octanol–water partition coefficient (Wildman–Crippen LogP) is 0.227. The Balaban J connectivity index is 1.97. The van der Waals surface area contributed by atoms with Gasteiger partial charge in [-0.15, -0.1) is 0 Å². The monoisotopic (exact) mass is 254 g/mol. The van der Waals surface area contributed by atoms with Crippen molar-refractivity contribution in [3.63, 3.8) is 0 Å². The molecular formula is C13H22N2O3. The van der Waals surface area contributed by atoms with Gasteiger partial charge in [0.25, 0.3) is 0 Å². The number of likely N-dealkylation sites (tertiary alicyclic amines) is 2. The van der Waals surface area contributed by atoms with Gasteiger partial charge in [-0.2, -0.15) is 0 Å². The van der Waals surface area contributed by atoms with Crippen LogP contribution in [0, 0.1) is 5.92 Å². The SMILES string of the molecule is CC1(O)CN(C(=O)C2CC(=O)N(C(C)(C)C)C2)C1. The molecule has 0 saturated carbocycles. The molecule has 2 rings (SSSR count). The van der Waals surface area contributed by atoms with Gasteiger partial charge >= 0.3 is 0 Å². The highest BCUT2D eigenvalue weighted by Crippen LogP contribution is 2.29. The average molecular weight is 254 g/mol. The molecule has 0 aromatic heterocycles. The molecule has 18 heavy (non-hydrogen) atoms. The molecule has 1 atom stereocenters. The van der Waals surface area contributed by atoms with Gasteiger partial charge in [0, 0.05) is 18.5 Å². The van der Waals surface area contributed by atoms with Gasteiger partial charge in [0.15, 0.2) is 0 Å². The molecule has 2 amide bonds. The van der Waals surface area contributed by atoms with E-state index in [-0.39, 0.29) is 23.3 Å². The summed E-state index contributed by atoms with van der Waals surface area (Å²) < 4.78 is 0. The van der Waals surface area contributed by atoms with Crippen LogP contribution in [-0.4, -0.2) is 57.5 Å². The van der Waals surface area contributed by atoms with E-state index >= 15 is 0 Å². The maximum atomic E-state index is 12.2. The van der Waals surface area contributed by atoms with Gasteiger partial charge in [-0.05, 0) is 27.7 Å². The van der Waals surface area contributed by atoms with E-state index in [1.807, 2.05) is 20.8 Å². The number of nitrogens with zero attached hydrogens (tertiary/aromatic N) is 2. The van der Waals surface area contributed by atoms with Gasteiger partial charge in [0.05, 0.1) is 24.6 Å². The minimum atomic E-state index is -0.748. The summed E-state index contributed by atoms with van der Waals surface area (Å²) >= 11 is 0. The lowest BCUT2D eigenvalue weighted by molar-refractivity contribution is -0.156. The number of amides is 2. The molecular weight excluding hydrogens is 232 g/mol. The van der Waals surface area contributed by atoms with Crippen LogP contribution in [-0.2, 0) is 9.59 Å². The summed E-state index contributed by atoms with van der Waals surface area (Å²) in [5.41, 5.74) is -0.978. The molecule has 2 aliphatic rings. The molecule has 2 saturated heterocycles. The predicted molar refractivity (Wildman–Crippen MR) is 66.8 cm³/mol. The minimum absolute atomic E-state index is 0.00150. The lowest BCUT2D eigenvalue weighted by Gasteiger charge is -2.45. The summed E-state index contributed by atoms with van der Waals surface area (Å²) in [6.45, 7) is 8.92. The zero-order valence-electron chi connectivity index (χ0n) is 11.6. The highest BCUT2D eigenvalue weighted by Gasteiger charge is 2.46. The van der Waals surface area contributed by atoms with Gasteiger partial charge in [-0.3, -0.25) is 9.59 Å². The van der Waals surface area contributed by atoms with Gasteiger partial charge in [-0.1, -0.05) is 0 Å². The third kappa shape index (κ3) is 2.36. The van der Waals surface area contributed by atoms with Crippen LogP contribution < -0.4 is 0 Å². The second kappa shape index (κ2) is 3.95. The van der Waals surface area contributed by atoms with Gasteiger partial charge in [-0.25, -0.2) is 0 Å². The van der Waals surface area contributed by atoms with Gasteiger partial charge in [0.2, 0.25) is 11.8 Å². The van der Waals surface area contributed by atoms with E-state index in [1.54, 1.807) is 16.7 Å². The van der Waals surface area contributed by atoms with Crippen molar-refractivity contribution >= 4 is 11.8 Å². The fraction of sp³-hybridized carbons (Fsp3) is 0.846. The first-order valence-electron chi connectivity index (χ1n) is 6.42. The second-order valence-electron chi connectivity index (χ2n) is 6.77. The first-order chi connectivity index (χ1) is 8.10. The average Bonchev–Trinajstić information content (AvgIpc) is 2.54. The van der Waals surface area contributed by atoms with Gasteiger partial charge < -0.3 is 14.9 Å². The standard InChI is InChI=1S/C13H22N2O3/c1-12(2,3)15-6-9(5-10(15)16)11(17)14-7-13(4,18)8-14/h9,18H,5-8H2,1-4H3. The summed E-state index contributed by atoms with van der Waals surface area (Å²) in [6, 6.07) is 0. The largest absolute Gasteiger partial charge is 0.386 e. The highest BCUT2D eigenvalue weighted by molar-refractivity contribution is 5.90. The summed E-state index contributed by atoms with van der Waals surface area (Å²) in [5, 5.41) is 9.64. The fourth-order valence-corrected chi connectivity index (χ4v) is 2.71. The molecule has 0 radical (unpaired) electrons. The number of hydrogen-bond acceptors (Lipinski definition) is 3. The Labute approximate surface area is 108 Å². The number of hydrogen-bond donors (Lipinski definition) is 1. The molecule has 5 nitrogen and oxygen atoms in total. The molecule has 1 unspecified atom stereocenters. The van der Waals surface area contributed by atoms with E-state index in [9.17, 15) is 14.7 Å². The van der Waals surface area contributed by atoms with E-state index in [2.05, 4.69) is 0 Å². The molecule has 0 bridgehead atoms. The van der Waals surface area contributed by atoms with E-state index in [1.165, 1.54) is 0 Å². The first kappa shape index (κ1) is 13.3. The Morgan fingerprint density at radius 1 is 1.39 bits per heavy atom. The minimum Gasteiger partial charge on any atom is -0.386 e. The highest BCUT2D eigenvalue weighted by atomic mass is 16.3. The molecule has 2 aliphatic heterocycles. The zero-order chi connectivity index (χ0) is 13.7. The van der Waals surface area contributed by atoms with Crippen LogP contribution in [0.4, 0.5) is 0 Å². The van der Waals surface area contributed by atoms with E-state index in [0.717, 1.165) is 0 Å². The molecule has 102 valence electrons. The normalized spacial score (nSPS) is 27.4. The number of carbonyl (C=O) groups excluding carboxylic acids is 2. The molecule has 1 N–H and O–H groups in total. The summed E-state index contributed by atoms with van der Waals surface area (Å²) in [7, 11) is 0. The third-order valence-electron chi connectivity index (χ3n) is 3.66. The van der Waals surface area contributed by atoms with Crippen molar-refractivity contribution in [3.8, 4) is 0 Å². The Hall–Kier alpha value is -1.10. The van der Waals surface area contributed by atoms with Crippen LogP contribution in [0.2, 0.25) is 0 Å². The number of carbonyl (C=O) groups is 2. The number of β-amino-alcohol motifs (C(OH)–C–C–N with tert-alkyl or cyclic N) is 1. The second-order valence-corrected chi connectivity index (χ2v) is 6.77. The van der Waals surface area contributed by atoms with Gasteiger partial charge in [0.1, 0.15) is 0 Å². The zero-order valence-corrected chi connectivity index (χ0v) is 11.6. The van der Waals surface area contributed by atoms with Crippen LogP contribution in [0.5, 0.6) is 0 Å². The van der Waals surface area contributed by atoms with Crippen molar-refractivity contribution in [3.05, 3.63) is 0 Å². The van der Waals surface area contributed by atoms with Crippen molar-refractivity contribution in [1.29, 1.82) is 0 Å². The fourth-order valence-electron chi connectivity index (χ4n) is 2.71. The quantitative estimate of drug-likeness (QED) is 0.728. The van der Waals surface area contributed by atoms with Crippen molar-refractivity contribution < 1.29 is 14.7 Å². The van der Waals surface area contributed by atoms with E-state index in [0.29, 0.717) is 26.1 Å². The molecule has 0 aromatic rings. The maximum Gasteiger partial charge on any atom is 0.228 e. The summed E-state index contributed by atoms with van der Waals surface area (Å²) in [6.07, 6.45) is 0.300. The molecule has 0 spiro atoms. The van der Waals surface area contributed by atoms with Crippen LogP contribution >= 0.6 is 0 Å². The molecule has 5 heteroatoms. The lowest BCUT2D eigenvalue weighted by Crippen LogP contribution is -2.63. The summed E-state index contributed by atoms with van der Waals surface area (Å²) in [4.78, 5) is 27.5. The molecule has 0 aromatic carbocycles. The summed E-state index contributed by atoms with van der Waals surface area (Å²) in [5.74, 6) is -0.192. The van der Waals surface area contributed by atoms with Crippen molar-refractivity contribution in [2.45, 2.75) is 45.3 Å². The van der Waals surface area contributed by atoms with Crippen molar-refractivity contribution in [2.75, 3.05) is 19.6 Å². The lowest BCUT2D eigenvalue weighted by atomic mass is 9.94. The Morgan fingerprint density at radius 2 is 1.94 bits per heavy atom. The third-order valence-corrected chi connectivity index (χ3v) is 3.66. The van der Waals surface area contributed by atoms with Crippen molar-refractivity contribution in [2.24, 2.45) is 5.92 Å². The van der Waals surface area contributed by atoms with E-state index in [4.69, 9.17) is 0 Å². The van der Waals surface area contributed by atoms with Crippen LogP contribution in [0.25, 0.3) is 0 Å². The number of aliphatic hydroxyl groups is 1. The molecule has 0 aliphatic carbocycles. The van der Waals surface area contributed by atoms with Crippen molar-refractivity contribution in [1.82, 2.24) is 9.80 Å². The van der Waals surface area contributed by atoms with Crippen LogP contribution in [0.15, 0.2) is 0 Å².